The van der Waals surface area contributed by atoms with E-state index >= 15 is 0 Å². The van der Waals surface area contributed by atoms with Gasteiger partial charge in [0, 0.05) is 23.9 Å². The second-order valence-corrected chi connectivity index (χ2v) is 5.76. The lowest BCUT2D eigenvalue weighted by Gasteiger charge is -2.10. The molecular weight excluding hydrogens is 374 g/mol. The van der Waals surface area contributed by atoms with Crippen LogP contribution in [-0.2, 0) is 0 Å². The van der Waals surface area contributed by atoms with Crippen LogP contribution in [0.1, 0.15) is 26.4 Å². The number of benzene rings is 2. The summed E-state index contributed by atoms with van der Waals surface area (Å²) >= 11 is 0. The standard InChI is InChI=1S/C20H15N5O4/c26-19(14-8-10-16(11-9-14)25(28)29)23-18-7-2-1-6-17(18)20(27)24-22-13-15-5-3-4-12-21-15/h1-13H,(H,23,26)(H,24,27). The third-order valence-corrected chi connectivity index (χ3v) is 3.81. The molecule has 0 radical (unpaired) electrons. The molecule has 0 saturated heterocycles. The van der Waals surface area contributed by atoms with Gasteiger partial charge in [0.25, 0.3) is 17.5 Å². The van der Waals surface area contributed by atoms with Gasteiger partial charge in [0.1, 0.15) is 0 Å². The number of carbonyl (C=O) groups excluding carboxylic acids is 2. The molecule has 0 bridgehead atoms. The van der Waals surface area contributed by atoms with Gasteiger partial charge in [0.2, 0.25) is 0 Å². The molecule has 3 aromatic rings. The molecule has 0 aliphatic carbocycles. The number of non-ortho nitro benzene ring substituents is 1. The number of hydrogen-bond donors (Lipinski definition) is 2. The Labute approximate surface area is 165 Å². The highest BCUT2D eigenvalue weighted by molar-refractivity contribution is 6.09. The van der Waals surface area contributed by atoms with Crippen molar-refractivity contribution in [1.82, 2.24) is 10.4 Å². The number of nitrogens with zero attached hydrogens (tertiary/aromatic N) is 3. The third kappa shape index (κ3) is 5.07. The summed E-state index contributed by atoms with van der Waals surface area (Å²) in [6, 6.07) is 16.9. The first-order chi connectivity index (χ1) is 14.0. The van der Waals surface area contributed by atoms with Gasteiger partial charge in [0.05, 0.1) is 28.1 Å². The van der Waals surface area contributed by atoms with Crippen LogP contribution in [0.4, 0.5) is 11.4 Å². The van der Waals surface area contributed by atoms with Crippen LogP contribution in [0.15, 0.2) is 78.0 Å². The molecule has 2 aromatic carbocycles. The van der Waals surface area contributed by atoms with E-state index in [9.17, 15) is 19.7 Å². The predicted molar refractivity (Wildman–Crippen MR) is 107 cm³/mol. The van der Waals surface area contributed by atoms with Crippen LogP contribution in [0, 0.1) is 10.1 Å². The van der Waals surface area contributed by atoms with Gasteiger partial charge in [0.15, 0.2) is 0 Å². The molecule has 0 aliphatic heterocycles. The molecule has 0 unspecified atom stereocenters. The molecule has 2 N–H and O–H groups in total. The van der Waals surface area contributed by atoms with Crippen LogP contribution in [0.2, 0.25) is 0 Å². The van der Waals surface area contributed by atoms with Gasteiger partial charge in [-0.2, -0.15) is 5.10 Å². The van der Waals surface area contributed by atoms with Crippen LogP contribution in [0.25, 0.3) is 0 Å². The molecule has 144 valence electrons. The summed E-state index contributed by atoms with van der Waals surface area (Å²) in [6.07, 6.45) is 3.00. The Bertz CT molecular complexity index is 1070. The summed E-state index contributed by atoms with van der Waals surface area (Å²) < 4.78 is 0. The van der Waals surface area contributed by atoms with Gasteiger partial charge >= 0.3 is 0 Å². The highest BCUT2D eigenvalue weighted by Gasteiger charge is 2.14. The van der Waals surface area contributed by atoms with Crippen molar-refractivity contribution in [2.24, 2.45) is 5.10 Å². The van der Waals surface area contributed by atoms with Gasteiger partial charge in [-0.05, 0) is 36.4 Å². The molecule has 1 aromatic heterocycles. The van der Waals surface area contributed by atoms with E-state index in [1.54, 1.807) is 42.6 Å². The number of nitro groups is 1. The second-order valence-electron chi connectivity index (χ2n) is 5.76. The van der Waals surface area contributed by atoms with E-state index < -0.39 is 16.7 Å². The summed E-state index contributed by atoms with van der Waals surface area (Å²) in [6.45, 7) is 0. The van der Waals surface area contributed by atoms with Crippen molar-refractivity contribution in [3.63, 3.8) is 0 Å². The minimum absolute atomic E-state index is 0.118. The van der Waals surface area contributed by atoms with Crippen LogP contribution in [-0.4, -0.2) is 27.9 Å². The van der Waals surface area contributed by atoms with Gasteiger partial charge < -0.3 is 5.32 Å². The predicted octanol–water partition coefficient (Wildman–Crippen LogP) is 3.01. The van der Waals surface area contributed by atoms with Crippen molar-refractivity contribution >= 4 is 29.4 Å². The van der Waals surface area contributed by atoms with Crippen molar-refractivity contribution in [1.29, 1.82) is 0 Å². The summed E-state index contributed by atoms with van der Waals surface area (Å²) in [5.41, 5.74) is 3.55. The van der Waals surface area contributed by atoms with Crippen molar-refractivity contribution in [3.8, 4) is 0 Å². The number of pyridine rings is 1. The number of para-hydroxylation sites is 1. The molecule has 0 atom stereocenters. The monoisotopic (exact) mass is 389 g/mol. The Morgan fingerprint density at radius 3 is 2.38 bits per heavy atom. The zero-order chi connectivity index (χ0) is 20.6. The highest BCUT2D eigenvalue weighted by Crippen LogP contribution is 2.18. The molecular formula is C20H15N5O4. The Hall–Kier alpha value is -4.40. The fourth-order valence-electron chi connectivity index (χ4n) is 2.39. The molecule has 0 aliphatic rings. The van der Waals surface area contributed by atoms with Crippen molar-refractivity contribution in [2.75, 3.05) is 5.32 Å². The minimum Gasteiger partial charge on any atom is -0.321 e. The molecule has 9 nitrogen and oxygen atoms in total. The molecule has 29 heavy (non-hydrogen) atoms. The average Bonchev–Trinajstić information content (AvgIpc) is 2.75. The van der Waals surface area contributed by atoms with Crippen molar-refractivity contribution < 1.29 is 14.5 Å². The molecule has 3 rings (SSSR count). The number of hydrogen-bond acceptors (Lipinski definition) is 6. The van der Waals surface area contributed by atoms with E-state index in [1.807, 2.05) is 0 Å². The number of aromatic nitrogens is 1. The smallest absolute Gasteiger partial charge is 0.273 e. The van der Waals surface area contributed by atoms with E-state index in [-0.39, 0.29) is 22.5 Å². The first-order valence-electron chi connectivity index (χ1n) is 8.44. The molecule has 0 spiro atoms. The van der Waals surface area contributed by atoms with E-state index in [4.69, 9.17) is 0 Å². The molecule has 1 heterocycles. The lowest BCUT2D eigenvalue weighted by Crippen LogP contribution is -2.21. The quantitative estimate of drug-likeness (QED) is 0.381. The lowest BCUT2D eigenvalue weighted by atomic mass is 10.1. The first kappa shape index (κ1) is 19.4. The SMILES string of the molecule is O=C(Nc1ccccc1C(=O)NN=Cc1ccccn1)c1ccc([N+](=O)[O-])cc1. The number of anilines is 1. The van der Waals surface area contributed by atoms with E-state index in [0.717, 1.165) is 0 Å². The van der Waals surface area contributed by atoms with Gasteiger partial charge in [-0.1, -0.05) is 18.2 Å². The van der Waals surface area contributed by atoms with Crippen LogP contribution in [0.5, 0.6) is 0 Å². The lowest BCUT2D eigenvalue weighted by molar-refractivity contribution is -0.384. The first-order valence-corrected chi connectivity index (χ1v) is 8.44. The van der Waals surface area contributed by atoms with Crippen LogP contribution < -0.4 is 10.7 Å². The third-order valence-electron chi connectivity index (χ3n) is 3.81. The second kappa shape index (κ2) is 9.00. The number of nitrogens with one attached hydrogen (secondary N) is 2. The summed E-state index contributed by atoms with van der Waals surface area (Å²) in [5, 5.41) is 17.2. The molecule has 0 saturated carbocycles. The summed E-state index contributed by atoms with van der Waals surface area (Å²) in [7, 11) is 0. The van der Waals surface area contributed by atoms with E-state index in [0.29, 0.717) is 5.69 Å². The molecule has 2 amide bonds. The van der Waals surface area contributed by atoms with E-state index in [2.05, 4.69) is 20.8 Å². The maximum atomic E-state index is 12.4. The number of hydrazone groups is 1. The van der Waals surface area contributed by atoms with Gasteiger partial charge in [-0.15, -0.1) is 0 Å². The number of rotatable bonds is 6. The number of nitro benzene ring substituents is 1. The largest absolute Gasteiger partial charge is 0.321 e. The topological polar surface area (TPSA) is 127 Å². The summed E-state index contributed by atoms with van der Waals surface area (Å²) in [4.78, 5) is 39.1. The fraction of sp³-hybridized carbons (Fsp3) is 0. The normalized spacial score (nSPS) is 10.5. The Morgan fingerprint density at radius 1 is 0.966 bits per heavy atom. The van der Waals surface area contributed by atoms with Crippen LogP contribution >= 0.6 is 0 Å². The Kier molecular flexibility index (Phi) is 6.01. The average molecular weight is 389 g/mol. The van der Waals surface area contributed by atoms with Crippen molar-refractivity contribution in [2.45, 2.75) is 0 Å². The van der Waals surface area contributed by atoms with Gasteiger partial charge in [-0.25, -0.2) is 5.43 Å². The minimum atomic E-state index is -0.549. The fourth-order valence-corrected chi connectivity index (χ4v) is 2.39. The zero-order valence-electron chi connectivity index (χ0n) is 15.0. The Balaban J connectivity index is 1.71. The number of carbonyl (C=O) groups is 2. The van der Waals surface area contributed by atoms with E-state index in [1.165, 1.54) is 36.5 Å². The van der Waals surface area contributed by atoms with Gasteiger partial charge in [-0.3, -0.25) is 24.7 Å². The summed E-state index contributed by atoms with van der Waals surface area (Å²) in [5.74, 6) is -1.02. The maximum absolute atomic E-state index is 12.4. The number of amides is 2. The maximum Gasteiger partial charge on any atom is 0.273 e. The Morgan fingerprint density at radius 2 is 1.69 bits per heavy atom. The molecule has 9 heteroatoms. The van der Waals surface area contributed by atoms with Crippen molar-refractivity contribution in [3.05, 3.63) is 99.9 Å². The zero-order valence-corrected chi connectivity index (χ0v) is 15.0. The highest BCUT2D eigenvalue weighted by atomic mass is 16.6. The molecule has 0 fully saturated rings. The van der Waals surface area contributed by atoms with Crippen LogP contribution in [0.3, 0.4) is 0 Å².